The second-order valence-corrected chi connectivity index (χ2v) is 20.5. The summed E-state index contributed by atoms with van der Waals surface area (Å²) < 4.78 is 34.3. The van der Waals surface area contributed by atoms with E-state index in [1.165, 1.54) is 193 Å². The second-order valence-electron chi connectivity index (χ2n) is 19.1. The maximum Gasteiger partial charge on any atom is 0.472 e. The number of carbonyl (C=O) groups is 1. The van der Waals surface area contributed by atoms with Crippen molar-refractivity contribution >= 4 is 13.8 Å². The van der Waals surface area contributed by atoms with Crippen LogP contribution in [0.25, 0.3) is 0 Å². The van der Waals surface area contributed by atoms with E-state index in [2.05, 4.69) is 13.8 Å². The number of phosphoric acid groups is 1. The molecule has 6 N–H and O–H groups in total. The lowest BCUT2D eigenvalue weighted by Crippen LogP contribution is -2.64. The first-order valence-corrected chi connectivity index (χ1v) is 28.4. The van der Waals surface area contributed by atoms with E-state index >= 15 is 0 Å². The fourth-order valence-corrected chi connectivity index (χ4v) is 9.68. The second kappa shape index (κ2) is 42.4. The zero-order valence-corrected chi connectivity index (χ0v) is 42.0. The van der Waals surface area contributed by atoms with Crippen molar-refractivity contribution in [1.29, 1.82) is 0 Å². The van der Waals surface area contributed by atoms with Gasteiger partial charge in [-0.05, 0) is 12.8 Å². The highest BCUT2D eigenvalue weighted by Crippen LogP contribution is 2.47. The molecule has 6 unspecified atom stereocenters. The third kappa shape index (κ3) is 33.8. The van der Waals surface area contributed by atoms with Crippen molar-refractivity contribution in [3.05, 3.63) is 0 Å². The van der Waals surface area contributed by atoms with E-state index in [-0.39, 0.29) is 13.0 Å². The highest BCUT2D eigenvalue weighted by Gasteiger charge is 2.51. The zero-order chi connectivity index (χ0) is 46.9. The molecule has 13 heteroatoms. The first-order chi connectivity index (χ1) is 31.0. The lowest BCUT2D eigenvalue weighted by atomic mass is 9.85. The maximum absolute atomic E-state index is 12.9. The highest BCUT2D eigenvalue weighted by molar-refractivity contribution is 7.47. The van der Waals surface area contributed by atoms with Crippen LogP contribution in [0.1, 0.15) is 258 Å². The van der Waals surface area contributed by atoms with Crippen LogP contribution in [0.15, 0.2) is 0 Å². The van der Waals surface area contributed by atoms with Crippen molar-refractivity contribution in [3.8, 4) is 0 Å². The predicted molar refractivity (Wildman–Crippen MR) is 258 cm³/mol. The van der Waals surface area contributed by atoms with Gasteiger partial charge < -0.3 is 39.9 Å². The molecule has 12 nitrogen and oxygen atoms in total. The van der Waals surface area contributed by atoms with E-state index in [1.54, 1.807) is 0 Å². The summed E-state index contributed by atoms with van der Waals surface area (Å²) in [5.41, 5.74) is 0. The smallest absolute Gasteiger partial charge is 0.457 e. The lowest BCUT2D eigenvalue weighted by molar-refractivity contribution is -0.220. The Balaban J connectivity index is 2.30. The Labute approximate surface area is 391 Å². The molecule has 64 heavy (non-hydrogen) atoms. The number of aliphatic hydroxyl groups excluding tert-OH is 5. The van der Waals surface area contributed by atoms with Gasteiger partial charge in [-0.25, -0.2) is 4.57 Å². The number of unbranched alkanes of at least 4 members (excludes halogenated alkanes) is 35. The zero-order valence-electron chi connectivity index (χ0n) is 41.1. The number of hydrogen-bond donors (Lipinski definition) is 6. The standard InChI is InChI=1S/C51H101O12P/c1-3-5-7-9-11-13-15-17-19-21-23-25-27-29-31-33-35-37-39-41-60-42-44(43-61-64(58,59)63-51-49(56)47(54)46(53)48(55)50(51)57)62-45(52)40-38-36-34-32-30-28-26-24-22-20-18-16-14-12-10-8-6-4-2/h44,46-51,53-57H,3-43H2,1-2H3,(H,58,59). The number of carbonyl (C=O) groups excluding carboxylic acids is 1. The van der Waals surface area contributed by atoms with Crippen LogP contribution in [-0.4, -0.2) is 98.9 Å². The molecular weight excluding hydrogens is 836 g/mol. The number of esters is 1. The lowest BCUT2D eigenvalue weighted by Gasteiger charge is -2.41. The summed E-state index contributed by atoms with van der Waals surface area (Å²) in [7, 11) is -5.01. The molecule has 0 aromatic rings. The van der Waals surface area contributed by atoms with Gasteiger partial charge in [0.2, 0.25) is 0 Å². The van der Waals surface area contributed by atoms with Crippen molar-refractivity contribution in [2.75, 3.05) is 19.8 Å². The first kappa shape index (κ1) is 61.4. The third-order valence-electron chi connectivity index (χ3n) is 13.0. The minimum atomic E-state index is -5.01. The summed E-state index contributed by atoms with van der Waals surface area (Å²) in [5, 5.41) is 50.3. The summed E-state index contributed by atoms with van der Waals surface area (Å²) in [4.78, 5) is 23.3. The average molecular weight is 937 g/mol. The van der Waals surface area contributed by atoms with Crippen LogP contribution in [-0.2, 0) is 27.9 Å². The molecule has 0 radical (unpaired) electrons. The quantitative estimate of drug-likeness (QED) is 0.0192. The van der Waals surface area contributed by atoms with Crippen LogP contribution in [0, 0.1) is 0 Å². The Morgan fingerprint density at radius 2 is 0.734 bits per heavy atom. The maximum atomic E-state index is 12.9. The Bertz CT molecular complexity index is 1070. The van der Waals surface area contributed by atoms with Gasteiger partial charge in [0.15, 0.2) is 0 Å². The normalized spacial score (nSPS) is 21.6. The fraction of sp³-hybridized carbons (Fsp3) is 0.980. The van der Waals surface area contributed by atoms with Gasteiger partial charge in [0.25, 0.3) is 0 Å². The molecule has 382 valence electrons. The summed E-state index contributed by atoms with van der Waals surface area (Å²) in [5.74, 6) is -0.468. The highest BCUT2D eigenvalue weighted by atomic mass is 31.2. The fourth-order valence-electron chi connectivity index (χ4n) is 8.71. The molecule has 6 atom stereocenters. The van der Waals surface area contributed by atoms with E-state index in [9.17, 15) is 39.8 Å². The minimum absolute atomic E-state index is 0.0673. The first-order valence-electron chi connectivity index (χ1n) is 26.9. The summed E-state index contributed by atoms with van der Waals surface area (Å²) in [6, 6.07) is 0. The molecule has 1 saturated carbocycles. The Hall–Kier alpha value is -0.660. The molecule has 0 spiro atoms. The molecule has 0 aliphatic heterocycles. The molecule has 0 aromatic carbocycles. The summed E-state index contributed by atoms with van der Waals surface area (Å²) in [6.07, 6.45) is 34.5. The largest absolute Gasteiger partial charge is 0.472 e. The van der Waals surface area contributed by atoms with Gasteiger partial charge >= 0.3 is 13.8 Å². The predicted octanol–water partition coefficient (Wildman–Crippen LogP) is 12.1. The van der Waals surface area contributed by atoms with Crippen molar-refractivity contribution in [3.63, 3.8) is 0 Å². The van der Waals surface area contributed by atoms with Crippen LogP contribution in [0.4, 0.5) is 0 Å². The molecule has 0 amide bonds. The van der Waals surface area contributed by atoms with Gasteiger partial charge in [0, 0.05) is 13.0 Å². The SMILES string of the molecule is CCCCCCCCCCCCCCCCCCCCCOCC(COP(=O)(O)OC1C(O)C(O)C(O)C(O)C1O)OC(=O)CCCCCCCCCCCCCCCCCCCC. The van der Waals surface area contributed by atoms with Crippen LogP contribution in [0.3, 0.4) is 0 Å². The average Bonchev–Trinajstić information content (AvgIpc) is 3.28. The molecule has 1 fully saturated rings. The molecule has 1 aliphatic rings. The number of rotatable bonds is 47. The van der Waals surface area contributed by atoms with Crippen LogP contribution in [0.2, 0.25) is 0 Å². The molecular formula is C51H101O12P. The number of phosphoric ester groups is 1. The van der Waals surface area contributed by atoms with Gasteiger partial charge in [0.05, 0.1) is 13.2 Å². The number of aliphatic hydroxyl groups is 5. The molecule has 0 heterocycles. The summed E-state index contributed by atoms with van der Waals surface area (Å²) >= 11 is 0. The van der Waals surface area contributed by atoms with Gasteiger partial charge in [-0.3, -0.25) is 13.8 Å². The van der Waals surface area contributed by atoms with Gasteiger partial charge in [-0.15, -0.1) is 0 Å². The van der Waals surface area contributed by atoms with Crippen molar-refractivity contribution < 1.29 is 58.3 Å². The van der Waals surface area contributed by atoms with Crippen molar-refractivity contribution in [2.24, 2.45) is 0 Å². The molecule has 0 aromatic heterocycles. The molecule has 1 aliphatic carbocycles. The van der Waals surface area contributed by atoms with E-state index in [1.807, 2.05) is 0 Å². The Kier molecular flexibility index (Phi) is 40.7. The number of hydrogen-bond acceptors (Lipinski definition) is 11. The van der Waals surface area contributed by atoms with E-state index < -0.39 is 63.1 Å². The van der Waals surface area contributed by atoms with Crippen molar-refractivity contribution in [2.45, 2.75) is 301 Å². The Morgan fingerprint density at radius 3 is 1.08 bits per heavy atom. The van der Waals surface area contributed by atoms with Crippen LogP contribution < -0.4 is 0 Å². The molecule has 1 rings (SSSR count). The topological polar surface area (TPSA) is 192 Å². The van der Waals surface area contributed by atoms with Gasteiger partial charge in [-0.2, -0.15) is 0 Å². The van der Waals surface area contributed by atoms with Gasteiger partial charge in [0.1, 0.15) is 42.7 Å². The summed E-state index contributed by atoms with van der Waals surface area (Å²) in [6.45, 7) is 4.33. The van der Waals surface area contributed by atoms with Gasteiger partial charge in [-0.1, -0.05) is 239 Å². The molecule has 0 bridgehead atoms. The van der Waals surface area contributed by atoms with E-state index in [0.717, 1.165) is 38.5 Å². The van der Waals surface area contributed by atoms with Crippen molar-refractivity contribution in [1.82, 2.24) is 0 Å². The van der Waals surface area contributed by atoms with Crippen LogP contribution >= 0.6 is 7.82 Å². The van der Waals surface area contributed by atoms with E-state index in [4.69, 9.17) is 18.5 Å². The molecule has 0 saturated heterocycles. The monoisotopic (exact) mass is 937 g/mol. The third-order valence-corrected chi connectivity index (χ3v) is 14.0. The van der Waals surface area contributed by atoms with E-state index in [0.29, 0.717) is 13.0 Å². The minimum Gasteiger partial charge on any atom is -0.457 e. The van der Waals surface area contributed by atoms with Crippen LogP contribution in [0.5, 0.6) is 0 Å². The number of ether oxygens (including phenoxy) is 2. The Morgan fingerprint density at radius 1 is 0.438 bits per heavy atom.